The van der Waals surface area contributed by atoms with Gasteiger partial charge in [0.15, 0.2) is 0 Å². The van der Waals surface area contributed by atoms with Crippen molar-refractivity contribution < 1.29 is 5.11 Å². The summed E-state index contributed by atoms with van der Waals surface area (Å²) in [5, 5.41) is 12.5. The number of rotatable bonds is 7. The van der Waals surface area contributed by atoms with Crippen LogP contribution in [0.2, 0.25) is 0 Å². The zero-order valence-corrected chi connectivity index (χ0v) is 11.8. The number of aliphatic hydroxyl groups is 1. The van der Waals surface area contributed by atoms with Crippen LogP contribution in [0.4, 0.5) is 0 Å². The monoisotopic (exact) mass is 242 g/mol. The zero-order valence-electron chi connectivity index (χ0n) is 11.8. The minimum atomic E-state index is -0.124. The first-order chi connectivity index (χ1) is 8.09. The van der Waals surface area contributed by atoms with Gasteiger partial charge < -0.3 is 15.3 Å². The fourth-order valence-electron chi connectivity index (χ4n) is 2.62. The van der Waals surface area contributed by atoms with Gasteiger partial charge in [0.25, 0.3) is 0 Å². The van der Waals surface area contributed by atoms with E-state index in [2.05, 4.69) is 24.2 Å². The standard InChI is InChI=1S/C14H30N2O/c1-14(12-17,15-2)9-10-16(3)11-13-7-5-4-6-8-13/h13,15,17H,4-12H2,1-3H3. The molecular weight excluding hydrogens is 212 g/mol. The highest BCUT2D eigenvalue weighted by Crippen LogP contribution is 2.24. The molecule has 1 aliphatic carbocycles. The summed E-state index contributed by atoms with van der Waals surface area (Å²) in [7, 11) is 4.14. The molecule has 0 spiro atoms. The van der Waals surface area contributed by atoms with Crippen LogP contribution in [0.25, 0.3) is 0 Å². The lowest BCUT2D eigenvalue weighted by molar-refractivity contribution is 0.150. The lowest BCUT2D eigenvalue weighted by atomic mass is 9.89. The molecule has 0 bridgehead atoms. The molecule has 3 heteroatoms. The van der Waals surface area contributed by atoms with Gasteiger partial charge in [0.2, 0.25) is 0 Å². The van der Waals surface area contributed by atoms with E-state index in [1.807, 2.05) is 7.05 Å². The fraction of sp³-hybridized carbons (Fsp3) is 1.00. The van der Waals surface area contributed by atoms with Crippen LogP contribution in [0, 0.1) is 5.92 Å². The van der Waals surface area contributed by atoms with Gasteiger partial charge in [-0.2, -0.15) is 0 Å². The first-order valence-electron chi connectivity index (χ1n) is 7.08. The highest BCUT2D eigenvalue weighted by Gasteiger charge is 2.22. The molecule has 0 saturated heterocycles. The van der Waals surface area contributed by atoms with Gasteiger partial charge in [-0.15, -0.1) is 0 Å². The van der Waals surface area contributed by atoms with Crippen molar-refractivity contribution in [3.8, 4) is 0 Å². The molecule has 1 fully saturated rings. The molecule has 0 aromatic heterocycles. The van der Waals surface area contributed by atoms with Crippen molar-refractivity contribution >= 4 is 0 Å². The zero-order chi connectivity index (χ0) is 12.7. The third kappa shape index (κ3) is 5.36. The lowest BCUT2D eigenvalue weighted by Crippen LogP contribution is -2.46. The van der Waals surface area contributed by atoms with E-state index in [0.717, 1.165) is 18.9 Å². The molecule has 0 heterocycles. The van der Waals surface area contributed by atoms with E-state index in [0.29, 0.717) is 0 Å². The molecule has 17 heavy (non-hydrogen) atoms. The Labute approximate surface area is 107 Å². The maximum absolute atomic E-state index is 9.34. The van der Waals surface area contributed by atoms with Crippen LogP contribution in [0.3, 0.4) is 0 Å². The molecule has 1 atom stereocenters. The minimum absolute atomic E-state index is 0.124. The van der Waals surface area contributed by atoms with Crippen molar-refractivity contribution in [2.45, 2.75) is 51.0 Å². The van der Waals surface area contributed by atoms with Gasteiger partial charge in [0.1, 0.15) is 0 Å². The summed E-state index contributed by atoms with van der Waals surface area (Å²) in [6, 6.07) is 0. The van der Waals surface area contributed by atoms with Crippen LogP contribution >= 0.6 is 0 Å². The van der Waals surface area contributed by atoms with E-state index < -0.39 is 0 Å². The summed E-state index contributed by atoms with van der Waals surface area (Å²) < 4.78 is 0. The van der Waals surface area contributed by atoms with Crippen molar-refractivity contribution in [2.24, 2.45) is 5.92 Å². The fourth-order valence-corrected chi connectivity index (χ4v) is 2.62. The second-order valence-corrected chi connectivity index (χ2v) is 5.99. The Bertz CT molecular complexity index is 198. The molecule has 0 aliphatic heterocycles. The third-order valence-corrected chi connectivity index (χ3v) is 4.29. The Morgan fingerprint density at radius 1 is 1.29 bits per heavy atom. The number of nitrogens with one attached hydrogen (secondary N) is 1. The minimum Gasteiger partial charge on any atom is -0.394 e. The summed E-state index contributed by atoms with van der Waals surface area (Å²) in [6.45, 7) is 4.59. The second kappa shape index (κ2) is 7.34. The van der Waals surface area contributed by atoms with Crippen LogP contribution < -0.4 is 5.32 Å². The van der Waals surface area contributed by atoms with E-state index in [9.17, 15) is 5.11 Å². The molecule has 1 aliphatic rings. The Kier molecular flexibility index (Phi) is 6.45. The van der Waals surface area contributed by atoms with Crippen LogP contribution in [-0.2, 0) is 0 Å². The first kappa shape index (κ1) is 14.9. The van der Waals surface area contributed by atoms with Gasteiger partial charge in [0.05, 0.1) is 6.61 Å². The van der Waals surface area contributed by atoms with Crippen LogP contribution in [-0.4, -0.2) is 49.3 Å². The highest BCUT2D eigenvalue weighted by molar-refractivity contribution is 4.81. The predicted octanol–water partition coefficient (Wildman–Crippen LogP) is 1.86. The molecule has 1 rings (SSSR count). The van der Waals surface area contributed by atoms with Crippen molar-refractivity contribution in [3.63, 3.8) is 0 Å². The highest BCUT2D eigenvalue weighted by atomic mass is 16.3. The number of likely N-dealkylation sites (N-methyl/N-ethyl adjacent to an activating group) is 1. The van der Waals surface area contributed by atoms with E-state index >= 15 is 0 Å². The number of hydrogen-bond donors (Lipinski definition) is 2. The molecule has 1 saturated carbocycles. The predicted molar refractivity (Wildman–Crippen MR) is 73.2 cm³/mol. The SMILES string of the molecule is CNC(C)(CO)CCN(C)CC1CCCCC1. The summed E-state index contributed by atoms with van der Waals surface area (Å²) in [5.74, 6) is 0.906. The largest absolute Gasteiger partial charge is 0.394 e. The number of nitrogens with zero attached hydrogens (tertiary/aromatic N) is 1. The van der Waals surface area contributed by atoms with Crippen molar-refractivity contribution in [1.82, 2.24) is 10.2 Å². The van der Waals surface area contributed by atoms with Gasteiger partial charge in [-0.25, -0.2) is 0 Å². The Balaban J connectivity index is 2.21. The molecule has 102 valence electrons. The lowest BCUT2D eigenvalue weighted by Gasteiger charge is -2.31. The van der Waals surface area contributed by atoms with Gasteiger partial charge in [-0.05, 0) is 52.7 Å². The maximum Gasteiger partial charge on any atom is 0.0610 e. The second-order valence-electron chi connectivity index (χ2n) is 5.99. The van der Waals surface area contributed by atoms with Crippen molar-refractivity contribution in [3.05, 3.63) is 0 Å². The Morgan fingerprint density at radius 2 is 1.94 bits per heavy atom. The molecule has 0 radical (unpaired) electrons. The smallest absolute Gasteiger partial charge is 0.0610 e. The quantitative estimate of drug-likeness (QED) is 0.715. The first-order valence-corrected chi connectivity index (χ1v) is 7.08. The van der Waals surface area contributed by atoms with Crippen molar-refractivity contribution in [2.75, 3.05) is 33.8 Å². The summed E-state index contributed by atoms with van der Waals surface area (Å²) in [5.41, 5.74) is -0.124. The summed E-state index contributed by atoms with van der Waals surface area (Å²) in [6.07, 6.45) is 8.10. The van der Waals surface area contributed by atoms with Crippen LogP contribution in [0.15, 0.2) is 0 Å². The summed E-state index contributed by atoms with van der Waals surface area (Å²) in [4.78, 5) is 2.43. The van der Waals surface area contributed by atoms with E-state index in [4.69, 9.17) is 0 Å². The Morgan fingerprint density at radius 3 is 2.47 bits per heavy atom. The molecule has 3 nitrogen and oxygen atoms in total. The third-order valence-electron chi connectivity index (χ3n) is 4.29. The average molecular weight is 242 g/mol. The van der Waals surface area contributed by atoms with E-state index in [-0.39, 0.29) is 12.1 Å². The van der Waals surface area contributed by atoms with Crippen LogP contribution in [0.1, 0.15) is 45.4 Å². The Hall–Kier alpha value is -0.120. The van der Waals surface area contributed by atoms with Crippen molar-refractivity contribution in [1.29, 1.82) is 0 Å². The topological polar surface area (TPSA) is 35.5 Å². The molecular formula is C14H30N2O. The molecule has 0 aromatic carbocycles. The van der Waals surface area contributed by atoms with E-state index in [1.54, 1.807) is 0 Å². The normalized spacial score (nSPS) is 21.7. The van der Waals surface area contributed by atoms with E-state index in [1.165, 1.54) is 38.6 Å². The van der Waals surface area contributed by atoms with Crippen LogP contribution in [0.5, 0.6) is 0 Å². The summed E-state index contributed by atoms with van der Waals surface area (Å²) >= 11 is 0. The number of hydrogen-bond acceptors (Lipinski definition) is 3. The maximum atomic E-state index is 9.34. The molecule has 0 amide bonds. The average Bonchev–Trinajstić information content (AvgIpc) is 2.37. The van der Waals surface area contributed by atoms with Gasteiger partial charge >= 0.3 is 0 Å². The van der Waals surface area contributed by atoms with Gasteiger partial charge in [-0.1, -0.05) is 19.3 Å². The number of aliphatic hydroxyl groups excluding tert-OH is 1. The molecule has 1 unspecified atom stereocenters. The molecule has 0 aromatic rings. The van der Waals surface area contributed by atoms with Gasteiger partial charge in [-0.3, -0.25) is 0 Å². The van der Waals surface area contributed by atoms with Gasteiger partial charge in [0, 0.05) is 12.1 Å². The molecule has 2 N–H and O–H groups in total.